The van der Waals surface area contributed by atoms with Crippen molar-refractivity contribution in [3.8, 4) is 11.3 Å². The molecule has 3 heterocycles. The Bertz CT molecular complexity index is 728. The van der Waals surface area contributed by atoms with Gasteiger partial charge in [-0.25, -0.2) is 0 Å². The molecule has 4 nitrogen and oxygen atoms in total. The van der Waals surface area contributed by atoms with Gasteiger partial charge in [0.1, 0.15) is 0 Å². The lowest BCUT2D eigenvalue weighted by Gasteiger charge is -2.11. The van der Waals surface area contributed by atoms with Crippen molar-refractivity contribution in [2.24, 2.45) is 7.05 Å². The maximum atomic E-state index is 4.62. The van der Waals surface area contributed by atoms with E-state index in [9.17, 15) is 0 Å². The first-order valence-electron chi connectivity index (χ1n) is 6.38. The molecule has 0 fully saturated rings. The molecular formula is C15H16N4. The Kier molecular flexibility index (Phi) is 2.78. The molecule has 0 saturated heterocycles. The SMILES string of the molecule is CC(C)c1cnc(-c2cnn(C)c2)c2cnccc12. The molecule has 0 unspecified atom stereocenters. The van der Waals surface area contributed by atoms with Crippen LogP contribution in [0.4, 0.5) is 0 Å². The van der Waals surface area contributed by atoms with E-state index in [0.717, 1.165) is 16.6 Å². The molecule has 3 aromatic heterocycles. The fraction of sp³-hybridized carbons (Fsp3) is 0.267. The Morgan fingerprint density at radius 3 is 2.63 bits per heavy atom. The van der Waals surface area contributed by atoms with Gasteiger partial charge in [0.2, 0.25) is 0 Å². The normalized spacial score (nSPS) is 11.4. The molecule has 0 aliphatic carbocycles. The van der Waals surface area contributed by atoms with Gasteiger partial charge in [0.25, 0.3) is 0 Å². The summed E-state index contributed by atoms with van der Waals surface area (Å²) in [5, 5.41) is 6.52. The highest BCUT2D eigenvalue weighted by atomic mass is 15.2. The van der Waals surface area contributed by atoms with Crippen LogP contribution in [0.3, 0.4) is 0 Å². The van der Waals surface area contributed by atoms with E-state index in [4.69, 9.17) is 0 Å². The molecule has 0 aliphatic rings. The number of nitrogens with zero attached hydrogens (tertiary/aromatic N) is 4. The topological polar surface area (TPSA) is 43.6 Å². The van der Waals surface area contributed by atoms with Crippen molar-refractivity contribution in [3.63, 3.8) is 0 Å². The first-order valence-corrected chi connectivity index (χ1v) is 6.38. The second-order valence-electron chi connectivity index (χ2n) is 5.04. The third kappa shape index (κ3) is 1.99. The highest BCUT2D eigenvalue weighted by molar-refractivity contribution is 5.95. The largest absolute Gasteiger partial charge is 0.275 e. The highest BCUT2D eigenvalue weighted by Gasteiger charge is 2.12. The molecule has 3 aromatic rings. The summed E-state index contributed by atoms with van der Waals surface area (Å²) in [5.74, 6) is 0.445. The van der Waals surface area contributed by atoms with Gasteiger partial charge in [-0.05, 0) is 22.9 Å². The molecule has 0 N–H and O–H groups in total. The summed E-state index contributed by atoms with van der Waals surface area (Å²) in [4.78, 5) is 8.86. The lowest BCUT2D eigenvalue weighted by molar-refractivity contribution is 0.768. The first-order chi connectivity index (χ1) is 9.16. The van der Waals surface area contributed by atoms with E-state index < -0.39 is 0 Å². The molecule has 96 valence electrons. The number of fused-ring (bicyclic) bond motifs is 1. The molecule has 0 bridgehead atoms. The van der Waals surface area contributed by atoms with Gasteiger partial charge in [-0.3, -0.25) is 14.6 Å². The van der Waals surface area contributed by atoms with Crippen molar-refractivity contribution >= 4 is 10.8 Å². The van der Waals surface area contributed by atoms with Crippen molar-refractivity contribution < 1.29 is 0 Å². The number of hydrogen-bond acceptors (Lipinski definition) is 3. The minimum absolute atomic E-state index is 0.445. The van der Waals surface area contributed by atoms with Crippen LogP contribution in [0.2, 0.25) is 0 Å². The summed E-state index contributed by atoms with van der Waals surface area (Å²) < 4.78 is 1.79. The van der Waals surface area contributed by atoms with Crippen LogP contribution in [0.25, 0.3) is 22.0 Å². The summed E-state index contributed by atoms with van der Waals surface area (Å²) in [7, 11) is 1.91. The van der Waals surface area contributed by atoms with E-state index >= 15 is 0 Å². The van der Waals surface area contributed by atoms with Crippen molar-refractivity contribution in [2.45, 2.75) is 19.8 Å². The Balaban J connectivity index is 2.30. The van der Waals surface area contributed by atoms with Crippen LogP contribution < -0.4 is 0 Å². The fourth-order valence-corrected chi connectivity index (χ4v) is 2.34. The predicted octanol–water partition coefficient (Wildman–Crippen LogP) is 3.15. The van der Waals surface area contributed by atoms with Crippen LogP contribution in [0.5, 0.6) is 0 Å². The van der Waals surface area contributed by atoms with Gasteiger partial charge in [0, 0.05) is 42.8 Å². The summed E-state index contributed by atoms with van der Waals surface area (Å²) in [6, 6.07) is 2.06. The number of hydrogen-bond donors (Lipinski definition) is 0. The van der Waals surface area contributed by atoms with Crippen LogP contribution in [0, 0.1) is 0 Å². The number of aromatic nitrogens is 4. The molecule has 0 radical (unpaired) electrons. The molecule has 0 spiro atoms. The molecule has 0 aromatic carbocycles. The zero-order valence-electron chi connectivity index (χ0n) is 11.3. The molecule has 0 atom stereocenters. The van der Waals surface area contributed by atoms with E-state index in [1.807, 2.05) is 38.0 Å². The third-order valence-electron chi connectivity index (χ3n) is 3.32. The van der Waals surface area contributed by atoms with E-state index in [1.165, 1.54) is 10.9 Å². The smallest absolute Gasteiger partial charge is 0.0827 e. The van der Waals surface area contributed by atoms with E-state index in [1.54, 1.807) is 4.68 Å². The van der Waals surface area contributed by atoms with Crippen molar-refractivity contribution in [1.82, 2.24) is 19.7 Å². The maximum absolute atomic E-state index is 4.62. The predicted molar refractivity (Wildman–Crippen MR) is 75.8 cm³/mol. The molecule has 3 rings (SSSR count). The molecule has 0 amide bonds. The minimum Gasteiger partial charge on any atom is -0.275 e. The summed E-state index contributed by atoms with van der Waals surface area (Å²) in [6.45, 7) is 4.36. The van der Waals surface area contributed by atoms with Crippen molar-refractivity contribution in [3.05, 3.63) is 42.6 Å². The van der Waals surface area contributed by atoms with Crippen LogP contribution in [-0.4, -0.2) is 19.7 Å². The second-order valence-corrected chi connectivity index (χ2v) is 5.04. The lowest BCUT2D eigenvalue weighted by atomic mass is 9.97. The molecule has 0 aliphatic heterocycles. The van der Waals surface area contributed by atoms with Gasteiger partial charge in [-0.1, -0.05) is 13.8 Å². The van der Waals surface area contributed by atoms with Crippen molar-refractivity contribution in [1.29, 1.82) is 0 Å². The number of aryl methyl sites for hydroxylation is 1. The fourth-order valence-electron chi connectivity index (χ4n) is 2.34. The standard InChI is InChI=1S/C15H16N4/c1-10(2)13-8-17-15(11-6-18-19(3)9-11)14-7-16-5-4-12(13)14/h4-10H,1-3H3. The number of pyridine rings is 2. The average molecular weight is 252 g/mol. The quantitative estimate of drug-likeness (QED) is 0.703. The summed E-state index contributed by atoms with van der Waals surface area (Å²) in [5.41, 5.74) is 3.22. The monoisotopic (exact) mass is 252 g/mol. The van der Waals surface area contributed by atoms with E-state index in [-0.39, 0.29) is 0 Å². The van der Waals surface area contributed by atoms with Crippen LogP contribution in [0.15, 0.2) is 37.1 Å². The Morgan fingerprint density at radius 1 is 1.11 bits per heavy atom. The molecule has 0 saturated carbocycles. The first kappa shape index (κ1) is 11.8. The Morgan fingerprint density at radius 2 is 1.95 bits per heavy atom. The second kappa shape index (κ2) is 4.46. The minimum atomic E-state index is 0.445. The van der Waals surface area contributed by atoms with Crippen LogP contribution >= 0.6 is 0 Å². The van der Waals surface area contributed by atoms with E-state index in [2.05, 4.69) is 35.0 Å². The zero-order chi connectivity index (χ0) is 13.4. The van der Waals surface area contributed by atoms with Gasteiger partial charge in [0.05, 0.1) is 11.9 Å². The zero-order valence-corrected chi connectivity index (χ0v) is 11.3. The van der Waals surface area contributed by atoms with E-state index in [0.29, 0.717) is 5.92 Å². The van der Waals surface area contributed by atoms with Gasteiger partial charge in [-0.15, -0.1) is 0 Å². The third-order valence-corrected chi connectivity index (χ3v) is 3.32. The highest BCUT2D eigenvalue weighted by Crippen LogP contribution is 2.30. The summed E-state index contributed by atoms with van der Waals surface area (Å²) in [6.07, 6.45) is 9.50. The molecule has 19 heavy (non-hydrogen) atoms. The lowest BCUT2D eigenvalue weighted by Crippen LogP contribution is -1.95. The van der Waals surface area contributed by atoms with Gasteiger partial charge in [-0.2, -0.15) is 5.10 Å². The maximum Gasteiger partial charge on any atom is 0.0827 e. The molecular weight excluding hydrogens is 236 g/mol. The Hall–Kier alpha value is -2.23. The van der Waals surface area contributed by atoms with Crippen molar-refractivity contribution in [2.75, 3.05) is 0 Å². The summed E-state index contributed by atoms with van der Waals surface area (Å²) >= 11 is 0. The number of rotatable bonds is 2. The van der Waals surface area contributed by atoms with Gasteiger partial charge >= 0.3 is 0 Å². The van der Waals surface area contributed by atoms with Crippen LogP contribution in [0.1, 0.15) is 25.3 Å². The van der Waals surface area contributed by atoms with Gasteiger partial charge in [0.15, 0.2) is 0 Å². The average Bonchev–Trinajstić information content (AvgIpc) is 2.83. The van der Waals surface area contributed by atoms with Crippen LogP contribution in [-0.2, 0) is 7.05 Å². The molecule has 4 heteroatoms. The Labute approximate surface area is 112 Å². The van der Waals surface area contributed by atoms with Gasteiger partial charge < -0.3 is 0 Å².